The molecule has 0 aliphatic rings. The van der Waals surface area contributed by atoms with Crippen molar-refractivity contribution in [2.75, 3.05) is 12.4 Å². The third-order valence-corrected chi connectivity index (χ3v) is 4.81. The van der Waals surface area contributed by atoms with Gasteiger partial charge in [0.15, 0.2) is 11.5 Å². The number of nitrogens with zero attached hydrogens (tertiary/aromatic N) is 2. The van der Waals surface area contributed by atoms with Crippen LogP contribution in [0.3, 0.4) is 0 Å². The third-order valence-electron chi connectivity index (χ3n) is 4.18. The van der Waals surface area contributed by atoms with Gasteiger partial charge in [0.1, 0.15) is 12.2 Å². The maximum Gasteiger partial charge on any atom is 0.286 e. The number of nitro groups is 1. The predicted octanol–water partition coefficient (Wildman–Crippen LogP) is 4.45. The number of methoxy groups -OCH3 is 1. The van der Waals surface area contributed by atoms with Gasteiger partial charge in [0, 0.05) is 17.1 Å². The molecule has 1 heterocycles. The second-order valence-electron chi connectivity index (χ2n) is 6.05. The van der Waals surface area contributed by atoms with E-state index in [4.69, 9.17) is 9.47 Å². The summed E-state index contributed by atoms with van der Waals surface area (Å²) in [5.74, 6) is -0.218. The number of aryl methyl sites for hydroxylation is 1. The maximum atomic E-state index is 12.7. The van der Waals surface area contributed by atoms with E-state index >= 15 is 0 Å². The lowest BCUT2D eigenvalue weighted by molar-refractivity contribution is -0.385. The molecule has 0 saturated carbocycles. The van der Waals surface area contributed by atoms with E-state index in [9.17, 15) is 14.9 Å². The fraction of sp³-hybridized carbons (Fsp3) is 0.200. The van der Waals surface area contributed by atoms with Crippen molar-refractivity contribution in [3.05, 3.63) is 74.2 Å². The molecule has 1 aromatic heterocycles. The van der Waals surface area contributed by atoms with Gasteiger partial charge in [0.25, 0.3) is 11.6 Å². The first-order valence-corrected chi connectivity index (χ1v) is 9.72. The highest BCUT2D eigenvalue weighted by molar-refractivity contribution is 7.07. The van der Waals surface area contributed by atoms with Crippen LogP contribution in [0.1, 0.15) is 28.5 Å². The number of hydrogen-bond donors (Lipinski definition) is 1. The molecule has 3 aromatic rings. The average Bonchev–Trinajstić information content (AvgIpc) is 3.25. The van der Waals surface area contributed by atoms with Crippen molar-refractivity contribution in [2.24, 2.45) is 0 Å². The molecule has 0 atom stereocenters. The molecule has 0 radical (unpaired) electrons. The summed E-state index contributed by atoms with van der Waals surface area (Å²) in [5, 5.41) is 16.1. The quantitative estimate of drug-likeness (QED) is 0.432. The highest BCUT2D eigenvalue weighted by Crippen LogP contribution is 2.35. The zero-order valence-electron chi connectivity index (χ0n) is 15.9. The number of carbonyl (C=O) groups is 1. The Hall–Kier alpha value is -3.46. The zero-order chi connectivity index (χ0) is 20.8. The van der Waals surface area contributed by atoms with Crippen LogP contribution in [-0.2, 0) is 13.0 Å². The summed E-state index contributed by atoms with van der Waals surface area (Å²) in [4.78, 5) is 27.8. The minimum atomic E-state index is -0.619. The van der Waals surface area contributed by atoms with Crippen molar-refractivity contribution >= 4 is 28.6 Å². The molecule has 0 unspecified atom stereocenters. The molecule has 3 rings (SSSR count). The number of thiazole rings is 1. The Kier molecular flexibility index (Phi) is 6.40. The van der Waals surface area contributed by atoms with Gasteiger partial charge in [-0.1, -0.05) is 19.1 Å². The Bertz CT molecular complexity index is 1020. The lowest BCUT2D eigenvalue weighted by atomic mass is 10.1. The van der Waals surface area contributed by atoms with Crippen molar-refractivity contribution in [1.82, 2.24) is 4.98 Å². The Labute approximate surface area is 171 Å². The van der Waals surface area contributed by atoms with E-state index in [0.717, 1.165) is 12.0 Å². The summed E-state index contributed by atoms with van der Waals surface area (Å²) in [6.07, 6.45) is 0.808. The molecule has 2 aromatic carbocycles. The molecule has 0 aliphatic carbocycles. The van der Waals surface area contributed by atoms with Crippen LogP contribution < -0.4 is 14.8 Å². The van der Waals surface area contributed by atoms with Crippen molar-refractivity contribution < 1.29 is 19.2 Å². The van der Waals surface area contributed by atoms with Gasteiger partial charge in [0.2, 0.25) is 0 Å². The van der Waals surface area contributed by atoms with Gasteiger partial charge >= 0.3 is 0 Å². The van der Waals surface area contributed by atoms with E-state index in [1.54, 1.807) is 11.6 Å². The first-order valence-electron chi connectivity index (χ1n) is 8.78. The predicted molar refractivity (Wildman–Crippen MR) is 110 cm³/mol. The van der Waals surface area contributed by atoms with E-state index in [1.807, 2.05) is 30.5 Å². The first-order chi connectivity index (χ1) is 14.0. The summed E-state index contributed by atoms with van der Waals surface area (Å²) in [6.45, 7) is 2.13. The Balaban J connectivity index is 1.90. The van der Waals surface area contributed by atoms with Gasteiger partial charge in [-0.2, -0.15) is 0 Å². The molecule has 0 bridgehead atoms. The summed E-state index contributed by atoms with van der Waals surface area (Å²) < 4.78 is 10.9. The van der Waals surface area contributed by atoms with Crippen LogP contribution in [0.25, 0.3) is 0 Å². The number of rotatable bonds is 8. The molecule has 1 amide bonds. The Morgan fingerprint density at radius 3 is 2.76 bits per heavy atom. The molecule has 0 saturated heterocycles. The van der Waals surface area contributed by atoms with Crippen LogP contribution in [0.5, 0.6) is 11.5 Å². The lowest BCUT2D eigenvalue weighted by Gasteiger charge is -2.13. The molecule has 29 heavy (non-hydrogen) atoms. The monoisotopic (exact) mass is 413 g/mol. The first kappa shape index (κ1) is 20.3. The Morgan fingerprint density at radius 2 is 2.10 bits per heavy atom. The van der Waals surface area contributed by atoms with Crippen LogP contribution in [0.15, 0.2) is 47.3 Å². The maximum absolute atomic E-state index is 12.7. The number of anilines is 1. The summed E-state index contributed by atoms with van der Waals surface area (Å²) in [7, 11) is 1.41. The summed E-state index contributed by atoms with van der Waals surface area (Å²) >= 11 is 1.42. The second kappa shape index (κ2) is 9.16. The van der Waals surface area contributed by atoms with Gasteiger partial charge in [0.05, 0.1) is 29.3 Å². The average molecular weight is 413 g/mol. The third kappa shape index (κ3) is 4.88. The normalized spacial score (nSPS) is 10.4. The van der Waals surface area contributed by atoms with Crippen molar-refractivity contribution in [1.29, 1.82) is 0 Å². The molecule has 8 nitrogen and oxygen atoms in total. The van der Waals surface area contributed by atoms with Crippen LogP contribution in [0.4, 0.5) is 11.4 Å². The number of carbonyl (C=O) groups excluding carboxylic acids is 1. The van der Waals surface area contributed by atoms with Crippen LogP contribution in [0.2, 0.25) is 0 Å². The van der Waals surface area contributed by atoms with Crippen molar-refractivity contribution in [3.8, 4) is 11.5 Å². The number of aromatic nitrogens is 1. The largest absolute Gasteiger partial charge is 0.493 e. The number of nitro benzene ring substituents is 1. The minimum Gasteiger partial charge on any atom is -0.493 e. The molecule has 0 aliphatic heterocycles. The van der Waals surface area contributed by atoms with Crippen LogP contribution >= 0.6 is 11.3 Å². The second-order valence-corrected chi connectivity index (χ2v) is 6.77. The molecule has 1 N–H and O–H groups in total. The zero-order valence-corrected chi connectivity index (χ0v) is 16.7. The van der Waals surface area contributed by atoms with Crippen molar-refractivity contribution in [3.63, 3.8) is 0 Å². The van der Waals surface area contributed by atoms with Gasteiger partial charge in [-0.05, 0) is 24.1 Å². The van der Waals surface area contributed by atoms with E-state index < -0.39 is 10.8 Å². The number of amides is 1. The molecule has 150 valence electrons. The topological polar surface area (TPSA) is 104 Å². The van der Waals surface area contributed by atoms with E-state index in [1.165, 1.54) is 30.6 Å². The molecular weight excluding hydrogens is 394 g/mol. The lowest BCUT2D eigenvalue weighted by Crippen LogP contribution is -2.14. The SMILES string of the molecule is CCc1cccc(NC(=O)c2cc(OC)c(OCc3cscn3)cc2[N+](=O)[O-])c1. The van der Waals surface area contributed by atoms with Crippen LogP contribution in [0, 0.1) is 10.1 Å². The standard InChI is InChI=1S/C20H19N3O5S/c1-3-13-5-4-6-14(7-13)22-20(24)16-8-18(27-2)19(9-17(16)23(25)26)28-10-15-11-29-12-21-15/h4-9,11-12H,3,10H2,1-2H3,(H,22,24). The summed E-state index contributed by atoms with van der Waals surface area (Å²) in [6, 6.07) is 9.82. The molecule has 9 heteroatoms. The Morgan fingerprint density at radius 1 is 1.28 bits per heavy atom. The fourth-order valence-corrected chi connectivity index (χ4v) is 3.23. The van der Waals surface area contributed by atoms with Gasteiger partial charge in [-0.3, -0.25) is 14.9 Å². The fourth-order valence-electron chi connectivity index (χ4n) is 2.68. The number of ether oxygens (including phenoxy) is 2. The van der Waals surface area contributed by atoms with E-state index in [2.05, 4.69) is 10.3 Å². The number of hydrogen-bond acceptors (Lipinski definition) is 7. The number of nitrogens with one attached hydrogen (secondary N) is 1. The molecular formula is C20H19N3O5S. The van der Waals surface area contributed by atoms with Crippen molar-refractivity contribution in [2.45, 2.75) is 20.0 Å². The van der Waals surface area contributed by atoms with Gasteiger partial charge in [-0.15, -0.1) is 11.3 Å². The molecule has 0 fully saturated rings. The summed E-state index contributed by atoms with van der Waals surface area (Å²) in [5.41, 5.74) is 3.47. The van der Waals surface area contributed by atoms with E-state index in [-0.39, 0.29) is 29.4 Å². The highest BCUT2D eigenvalue weighted by atomic mass is 32.1. The van der Waals surface area contributed by atoms with Gasteiger partial charge < -0.3 is 14.8 Å². The van der Waals surface area contributed by atoms with Crippen LogP contribution in [-0.4, -0.2) is 22.9 Å². The minimum absolute atomic E-state index is 0.116. The molecule has 0 spiro atoms. The highest BCUT2D eigenvalue weighted by Gasteiger charge is 2.25. The smallest absolute Gasteiger partial charge is 0.286 e. The number of benzene rings is 2. The van der Waals surface area contributed by atoms with Gasteiger partial charge in [-0.25, -0.2) is 4.98 Å². The van der Waals surface area contributed by atoms with E-state index in [0.29, 0.717) is 11.4 Å².